The average Bonchev–Trinajstić information content (AvgIpc) is 2.75. The van der Waals surface area contributed by atoms with Crippen LogP contribution in [0.3, 0.4) is 0 Å². The van der Waals surface area contributed by atoms with E-state index in [0.29, 0.717) is 24.0 Å². The van der Waals surface area contributed by atoms with E-state index >= 15 is 0 Å². The minimum absolute atomic E-state index is 0.212. The van der Waals surface area contributed by atoms with Gasteiger partial charge in [-0.15, -0.1) is 0 Å². The van der Waals surface area contributed by atoms with Crippen molar-refractivity contribution in [3.8, 4) is 0 Å². The second-order valence-electron chi connectivity index (χ2n) is 7.60. The van der Waals surface area contributed by atoms with E-state index in [2.05, 4.69) is 0 Å². The second-order valence-corrected chi connectivity index (χ2v) is 7.60. The lowest BCUT2D eigenvalue weighted by molar-refractivity contribution is -0.0502. The minimum Gasteiger partial charge on any atom is -0.478 e. The molecular formula is C25H36O6. The van der Waals surface area contributed by atoms with Gasteiger partial charge in [0.05, 0.1) is 22.8 Å². The monoisotopic (exact) mass is 432 g/mol. The molecule has 0 aliphatic rings. The molecule has 0 aromatic heterocycles. The van der Waals surface area contributed by atoms with Gasteiger partial charge in [0.25, 0.3) is 0 Å². The van der Waals surface area contributed by atoms with E-state index in [0.717, 1.165) is 12.8 Å². The molecular weight excluding hydrogens is 396 g/mol. The largest absolute Gasteiger partial charge is 0.478 e. The van der Waals surface area contributed by atoms with Crippen LogP contribution in [0.2, 0.25) is 0 Å². The predicted octanol–water partition coefficient (Wildman–Crippen LogP) is 5.10. The minimum atomic E-state index is -0.879. The van der Waals surface area contributed by atoms with Gasteiger partial charge >= 0.3 is 11.9 Å². The van der Waals surface area contributed by atoms with Crippen LogP contribution in [0.1, 0.15) is 74.1 Å². The summed E-state index contributed by atoms with van der Waals surface area (Å²) < 4.78 is 0. The maximum absolute atomic E-state index is 10.2. The molecule has 0 saturated heterocycles. The molecule has 172 valence electrons. The normalized spacial score (nSPS) is 13.0. The Morgan fingerprint density at radius 1 is 0.839 bits per heavy atom. The van der Waals surface area contributed by atoms with Crippen LogP contribution in [0.5, 0.6) is 0 Å². The Kier molecular flexibility index (Phi) is 13.8. The SMILES string of the molecule is CCCC(O)CC(O)(CC)C(C)C.O=C(O)c1ccccc1.O=C(O)c1ccccc1. The average molecular weight is 433 g/mol. The van der Waals surface area contributed by atoms with Crippen LogP contribution in [0.25, 0.3) is 0 Å². The van der Waals surface area contributed by atoms with Crippen LogP contribution in [-0.4, -0.2) is 44.1 Å². The van der Waals surface area contributed by atoms with Crippen molar-refractivity contribution in [3.05, 3.63) is 71.8 Å². The quantitative estimate of drug-likeness (QED) is 0.461. The molecule has 0 spiro atoms. The Bertz CT molecular complexity index is 696. The highest BCUT2D eigenvalue weighted by molar-refractivity contribution is 5.87. The van der Waals surface area contributed by atoms with Crippen molar-refractivity contribution in [1.29, 1.82) is 0 Å². The number of carbonyl (C=O) groups is 2. The maximum atomic E-state index is 10.2. The third-order valence-corrected chi connectivity index (χ3v) is 4.94. The highest BCUT2D eigenvalue weighted by Crippen LogP contribution is 2.27. The molecule has 0 saturated carbocycles. The van der Waals surface area contributed by atoms with Gasteiger partial charge in [0.1, 0.15) is 0 Å². The first kappa shape index (κ1) is 28.3. The number of aliphatic hydroxyl groups is 2. The first-order chi connectivity index (χ1) is 14.6. The number of benzene rings is 2. The van der Waals surface area contributed by atoms with Gasteiger partial charge in [0.2, 0.25) is 0 Å². The summed E-state index contributed by atoms with van der Waals surface area (Å²) in [5.41, 5.74) is -0.0239. The van der Waals surface area contributed by atoms with Crippen LogP contribution in [-0.2, 0) is 0 Å². The zero-order valence-electron chi connectivity index (χ0n) is 18.9. The van der Waals surface area contributed by atoms with Crippen LogP contribution >= 0.6 is 0 Å². The number of aromatic carboxylic acids is 2. The fraction of sp³-hybridized carbons (Fsp3) is 0.440. The Morgan fingerprint density at radius 2 is 1.23 bits per heavy atom. The van der Waals surface area contributed by atoms with Crippen molar-refractivity contribution in [2.75, 3.05) is 0 Å². The lowest BCUT2D eigenvalue weighted by Crippen LogP contribution is -2.38. The van der Waals surface area contributed by atoms with Crippen molar-refractivity contribution in [3.63, 3.8) is 0 Å². The molecule has 0 amide bonds. The topological polar surface area (TPSA) is 115 Å². The highest BCUT2D eigenvalue weighted by atomic mass is 16.4. The van der Waals surface area contributed by atoms with Gasteiger partial charge < -0.3 is 20.4 Å². The molecule has 2 aromatic carbocycles. The molecule has 2 atom stereocenters. The summed E-state index contributed by atoms with van der Waals surface area (Å²) in [7, 11) is 0. The van der Waals surface area contributed by atoms with E-state index in [-0.39, 0.29) is 12.0 Å². The number of rotatable bonds is 8. The van der Waals surface area contributed by atoms with Crippen molar-refractivity contribution in [2.45, 2.75) is 65.1 Å². The zero-order chi connectivity index (χ0) is 23.9. The molecule has 0 radical (unpaired) electrons. The third-order valence-electron chi connectivity index (χ3n) is 4.94. The van der Waals surface area contributed by atoms with Gasteiger partial charge in [-0.1, -0.05) is 70.5 Å². The molecule has 6 nitrogen and oxygen atoms in total. The molecule has 2 rings (SSSR count). The molecule has 4 N–H and O–H groups in total. The maximum Gasteiger partial charge on any atom is 0.335 e. The molecule has 0 bridgehead atoms. The van der Waals surface area contributed by atoms with Crippen LogP contribution in [0.15, 0.2) is 60.7 Å². The summed E-state index contributed by atoms with van der Waals surface area (Å²) in [5.74, 6) is -1.55. The zero-order valence-corrected chi connectivity index (χ0v) is 18.9. The van der Waals surface area contributed by atoms with Crippen molar-refractivity contribution in [1.82, 2.24) is 0 Å². The Hall–Kier alpha value is -2.70. The standard InChI is InChI=1S/C11H24O2.2C7H6O2/c1-5-7-10(12)8-11(13,6-2)9(3)4;2*8-7(9)6-4-2-1-3-5-6/h9-10,12-13H,5-8H2,1-4H3;2*1-5H,(H,8,9). The number of carboxylic acid groups (broad SMARTS) is 2. The van der Waals surface area contributed by atoms with E-state index < -0.39 is 17.5 Å². The number of aliphatic hydroxyl groups excluding tert-OH is 1. The van der Waals surface area contributed by atoms with Crippen LogP contribution < -0.4 is 0 Å². The first-order valence-electron chi connectivity index (χ1n) is 10.5. The number of hydrogen-bond donors (Lipinski definition) is 4. The third kappa shape index (κ3) is 11.9. The molecule has 2 aromatic rings. The molecule has 2 unspecified atom stereocenters. The summed E-state index contributed by atoms with van der Waals surface area (Å²) in [4.78, 5) is 20.4. The molecule has 0 fully saturated rings. The summed E-state index contributed by atoms with van der Waals surface area (Å²) in [5, 5.41) is 36.5. The fourth-order valence-electron chi connectivity index (χ4n) is 2.79. The summed E-state index contributed by atoms with van der Waals surface area (Å²) in [6.07, 6.45) is 2.63. The van der Waals surface area contributed by atoms with Crippen LogP contribution in [0.4, 0.5) is 0 Å². The van der Waals surface area contributed by atoms with E-state index in [1.807, 2.05) is 27.7 Å². The van der Waals surface area contributed by atoms with Gasteiger partial charge in [0, 0.05) is 6.42 Å². The number of hydrogen-bond acceptors (Lipinski definition) is 4. The van der Waals surface area contributed by atoms with Gasteiger partial charge in [-0.25, -0.2) is 9.59 Å². The smallest absolute Gasteiger partial charge is 0.335 e. The summed E-state index contributed by atoms with van der Waals surface area (Å²) in [6.45, 7) is 8.02. The van der Waals surface area contributed by atoms with Crippen molar-refractivity contribution >= 4 is 11.9 Å². The molecule has 6 heteroatoms. The van der Waals surface area contributed by atoms with Gasteiger partial charge in [-0.3, -0.25) is 0 Å². The summed E-state index contributed by atoms with van der Waals surface area (Å²) in [6, 6.07) is 16.6. The number of carboxylic acids is 2. The molecule has 31 heavy (non-hydrogen) atoms. The van der Waals surface area contributed by atoms with Gasteiger partial charge in [-0.05, 0) is 43.0 Å². The molecule has 0 heterocycles. The lowest BCUT2D eigenvalue weighted by atomic mass is 9.82. The van der Waals surface area contributed by atoms with Crippen molar-refractivity contribution < 1.29 is 30.0 Å². The lowest BCUT2D eigenvalue weighted by Gasteiger charge is -2.33. The predicted molar refractivity (Wildman–Crippen MR) is 122 cm³/mol. The fourth-order valence-corrected chi connectivity index (χ4v) is 2.79. The Balaban J connectivity index is 0.000000445. The molecule has 0 aliphatic carbocycles. The second kappa shape index (κ2) is 15.2. The van der Waals surface area contributed by atoms with E-state index in [1.165, 1.54) is 0 Å². The Labute approximate surface area is 185 Å². The van der Waals surface area contributed by atoms with E-state index in [9.17, 15) is 19.8 Å². The summed E-state index contributed by atoms with van der Waals surface area (Å²) >= 11 is 0. The van der Waals surface area contributed by atoms with Gasteiger partial charge in [0.15, 0.2) is 0 Å². The van der Waals surface area contributed by atoms with Gasteiger partial charge in [-0.2, -0.15) is 0 Å². The van der Waals surface area contributed by atoms with Crippen LogP contribution in [0, 0.1) is 5.92 Å². The molecule has 0 aliphatic heterocycles. The van der Waals surface area contributed by atoms with Crippen molar-refractivity contribution in [2.24, 2.45) is 5.92 Å². The van der Waals surface area contributed by atoms with E-state index in [1.54, 1.807) is 60.7 Å². The highest BCUT2D eigenvalue weighted by Gasteiger charge is 2.30. The van der Waals surface area contributed by atoms with E-state index in [4.69, 9.17) is 10.2 Å². The first-order valence-corrected chi connectivity index (χ1v) is 10.5. The Morgan fingerprint density at radius 3 is 1.45 bits per heavy atom.